The Morgan fingerprint density at radius 3 is 2.22 bits per heavy atom. The molecule has 6 heteroatoms. The van der Waals surface area contributed by atoms with Crippen LogP contribution >= 0.6 is 0 Å². The van der Waals surface area contributed by atoms with Crippen molar-refractivity contribution in [2.75, 3.05) is 0 Å². The van der Waals surface area contributed by atoms with Crippen LogP contribution in [0, 0.1) is 11.3 Å². The van der Waals surface area contributed by atoms with Crippen LogP contribution in [-0.2, 0) is 5.41 Å². The van der Waals surface area contributed by atoms with Crippen LogP contribution in [0.3, 0.4) is 0 Å². The summed E-state index contributed by atoms with van der Waals surface area (Å²) in [6.45, 7) is 0. The van der Waals surface area contributed by atoms with Crippen LogP contribution in [0.5, 0.6) is 5.75 Å². The fourth-order valence-electron chi connectivity index (χ4n) is 2.11. The van der Waals surface area contributed by atoms with Gasteiger partial charge >= 0.3 is 6.36 Å². The number of nitriles is 1. The molecule has 0 unspecified atom stereocenters. The third-order valence-electron chi connectivity index (χ3n) is 3.02. The van der Waals surface area contributed by atoms with E-state index >= 15 is 0 Å². The lowest BCUT2D eigenvalue weighted by Gasteiger charge is -2.40. The van der Waals surface area contributed by atoms with Crippen LogP contribution in [0.15, 0.2) is 24.3 Å². The summed E-state index contributed by atoms with van der Waals surface area (Å²) >= 11 is 0. The number of ether oxygens (including phenoxy) is 1. The van der Waals surface area contributed by atoms with Gasteiger partial charge in [0.1, 0.15) is 5.75 Å². The molecule has 1 N–H and O–H groups in total. The summed E-state index contributed by atoms with van der Waals surface area (Å²) in [6.07, 6.45) is -4.62. The zero-order valence-corrected chi connectivity index (χ0v) is 9.24. The molecule has 0 saturated heterocycles. The van der Waals surface area contributed by atoms with Crippen molar-refractivity contribution in [3.63, 3.8) is 0 Å². The van der Waals surface area contributed by atoms with E-state index in [9.17, 15) is 18.3 Å². The zero-order chi connectivity index (χ0) is 13.4. The van der Waals surface area contributed by atoms with E-state index in [1.165, 1.54) is 24.3 Å². The number of rotatable bonds is 2. The predicted octanol–water partition coefficient (Wildman–Crippen LogP) is 2.50. The van der Waals surface area contributed by atoms with E-state index in [0.29, 0.717) is 18.4 Å². The number of hydrogen-bond acceptors (Lipinski definition) is 3. The molecule has 0 amide bonds. The van der Waals surface area contributed by atoms with Crippen LogP contribution < -0.4 is 4.74 Å². The molecule has 1 saturated carbocycles. The van der Waals surface area contributed by atoms with Crippen LogP contribution in [0.4, 0.5) is 13.2 Å². The van der Waals surface area contributed by atoms with Crippen molar-refractivity contribution >= 4 is 0 Å². The Hall–Kier alpha value is -1.74. The van der Waals surface area contributed by atoms with Crippen molar-refractivity contribution in [2.45, 2.75) is 30.7 Å². The Morgan fingerprint density at radius 1 is 1.28 bits per heavy atom. The van der Waals surface area contributed by atoms with Gasteiger partial charge in [-0.3, -0.25) is 0 Å². The van der Waals surface area contributed by atoms with Gasteiger partial charge in [0, 0.05) is 0 Å². The molecule has 0 spiro atoms. The molecule has 2 rings (SSSR count). The highest BCUT2D eigenvalue weighted by atomic mass is 19.4. The molecule has 1 fully saturated rings. The Morgan fingerprint density at radius 2 is 1.83 bits per heavy atom. The molecule has 0 heterocycles. The summed E-state index contributed by atoms with van der Waals surface area (Å²) < 4.78 is 39.6. The van der Waals surface area contributed by atoms with E-state index in [-0.39, 0.29) is 5.75 Å². The topological polar surface area (TPSA) is 53.2 Å². The van der Waals surface area contributed by atoms with Gasteiger partial charge in [-0.25, -0.2) is 0 Å². The summed E-state index contributed by atoms with van der Waals surface area (Å²) in [6, 6.07) is 7.31. The molecule has 3 nitrogen and oxygen atoms in total. The maximum absolute atomic E-state index is 12.0. The van der Waals surface area contributed by atoms with E-state index in [1.807, 2.05) is 0 Å². The van der Waals surface area contributed by atoms with Gasteiger partial charge in [-0.05, 0) is 30.5 Å². The first-order chi connectivity index (χ1) is 8.35. The number of hydrogen-bond donors (Lipinski definition) is 1. The third kappa shape index (κ3) is 2.41. The second kappa shape index (κ2) is 4.18. The molecule has 1 aliphatic rings. The second-order valence-electron chi connectivity index (χ2n) is 4.33. The Bertz CT molecular complexity index is 470. The fourth-order valence-corrected chi connectivity index (χ4v) is 2.11. The number of aliphatic hydroxyl groups is 1. The Kier molecular flexibility index (Phi) is 2.95. The average molecular weight is 257 g/mol. The van der Waals surface area contributed by atoms with Crippen molar-refractivity contribution in [2.24, 2.45) is 0 Å². The molecule has 18 heavy (non-hydrogen) atoms. The monoisotopic (exact) mass is 257 g/mol. The highest BCUT2D eigenvalue weighted by Crippen LogP contribution is 2.43. The van der Waals surface area contributed by atoms with Gasteiger partial charge in [-0.1, -0.05) is 12.1 Å². The number of alkyl halides is 3. The van der Waals surface area contributed by atoms with Gasteiger partial charge in [0.05, 0.1) is 17.6 Å². The molecule has 1 aromatic rings. The van der Waals surface area contributed by atoms with Gasteiger partial charge in [-0.15, -0.1) is 13.2 Å². The summed E-state index contributed by atoms with van der Waals surface area (Å²) in [7, 11) is 0. The van der Waals surface area contributed by atoms with E-state index in [2.05, 4.69) is 10.8 Å². The van der Waals surface area contributed by atoms with Crippen molar-refractivity contribution < 1.29 is 23.0 Å². The molecule has 0 aliphatic heterocycles. The summed E-state index contributed by atoms with van der Waals surface area (Å²) in [4.78, 5) is 0. The molecular weight excluding hydrogens is 247 g/mol. The zero-order valence-electron chi connectivity index (χ0n) is 9.24. The quantitative estimate of drug-likeness (QED) is 0.885. The molecule has 0 aromatic heterocycles. The molecule has 1 aromatic carbocycles. The molecule has 0 bridgehead atoms. The number of aliphatic hydroxyl groups excluding tert-OH is 1. The van der Waals surface area contributed by atoms with E-state index < -0.39 is 17.9 Å². The molecule has 96 valence electrons. The normalized spacial score (nSPS) is 27.2. The lowest BCUT2D eigenvalue weighted by Crippen LogP contribution is -2.43. The highest BCUT2D eigenvalue weighted by molar-refractivity contribution is 5.39. The largest absolute Gasteiger partial charge is 0.573 e. The molecular formula is C12H10F3NO2. The van der Waals surface area contributed by atoms with Crippen molar-refractivity contribution in [1.82, 2.24) is 0 Å². The van der Waals surface area contributed by atoms with Gasteiger partial charge in [0.25, 0.3) is 0 Å². The Labute approximate surface area is 101 Å². The first-order valence-electron chi connectivity index (χ1n) is 5.30. The summed E-state index contributed by atoms with van der Waals surface area (Å²) in [5.74, 6) is -0.320. The first-order valence-corrected chi connectivity index (χ1v) is 5.30. The fraction of sp³-hybridized carbons (Fsp3) is 0.417. The van der Waals surface area contributed by atoms with Crippen molar-refractivity contribution in [3.05, 3.63) is 29.8 Å². The van der Waals surface area contributed by atoms with Gasteiger partial charge < -0.3 is 9.84 Å². The van der Waals surface area contributed by atoms with Crippen LogP contribution in [0.2, 0.25) is 0 Å². The third-order valence-corrected chi connectivity index (χ3v) is 3.02. The molecule has 0 radical (unpaired) electrons. The number of benzene rings is 1. The van der Waals surface area contributed by atoms with E-state index in [1.54, 1.807) is 0 Å². The lowest BCUT2D eigenvalue weighted by molar-refractivity contribution is -0.274. The minimum Gasteiger partial charge on any atom is -0.406 e. The maximum atomic E-state index is 12.0. The molecule has 0 atom stereocenters. The predicted molar refractivity (Wildman–Crippen MR) is 55.7 cm³/mol. The second-order valence-corrected chi connectivity index (χ2v) is 4.33. The maximum Gasteiger partial charge on any atom is 0.573 e. The van der Waals surface area contributed by atoms with Gasteiger partial charge in [-0.2, -0.15) is 5.26 Å². The molecule has 1 aliphatic carbocycles. The minimum absolute atomic E-state index is 0.309. The van der Waals surface area contributed by atoms with Crippen LogP contribution in [-0.4, -0.2) is 17.6 Å². The lowest BCUT2D eigenvalue weighted by atomic mass is 9.64. The van der Waals surface area contributed by atoms with Crippen LogP contribution in [0.25, 0.3) is 0 Å². The van der Waals surface area contributed by atoms with Gasteiger partial charge in [0.2, 0.25) is 0 Å². The smallest absolute Gasteiger partial charge is 0.406 e. The van der Waals surface area contributed by atoms with Crippen molar-refractivity contribution in [1.29, 1.82) is 5.26 Å². The average Bonchev–Trinajstić information content (AvgIpc) is 2.23. The standard InChI is InChI=1S/C12H10F3NO2/c13-12(14,15)18-10-3-1-8(2-4-10)11(7-16)5-9(17)6-11/h1-4,9,17H,5-6H2/t9-,11-. The highest BCUT2D eigenvalue weighted by Gasteiger charge is 2.45. The first kappa shape index (κ1) is 12.7. The van der Waals surface area contributed by atoms with E-state index in [4.69, 9.17) is 5.26 Å². The SMILES string of the molecule is N#C[C@]1(c2ccc(OC(F)(F)F)cc2)C[C@H](O)C1. The van der Waals surface area contributed by atoms with Crippen LogP contribution in [0.1, 0.15) is 18.4 Å². The van der Waals surface area contributed by atoms with Gasteiger partial charge in [0.15, 0.2) is 0 Å². The summed E-state index contributed by atoms with van der Waals surface area (Å²) in [5.41, 5.74) is -0.180. The van der Waals surface area contributed by atoms with E-state index in [0.717, 1.165) is 0 Å². The summed E-state index contributed by atoms with van der Waals surface area (Å²) in [5, 5.41) is 18.3. The van der Waals surface area contributed by atoms with Crippen molar-refractivity contribution in [3.8, 4) is 11.8 Å². The number of nitrogens with zero attached hydrogens (tertiary/aromatic N) is 1. The Balaban J connectivity index is 2.16. The number of halogens is 3. The minimum atomic E-state index is -4.72.